The second-order valence-electron chi connectivity index (χ2n) is 4.49. The van der Waals surface area contributed by atoms with E-state index in [4.69, 9.17) is 17.3 Å². The highest BCUT2D eigenvalue weighted by Gasteiger charge is 2.34. The third kappa shape index (κ3) is 2.56. The van der Waals surface area contributed by atoms with Crippen molar-refractivity contribution in [2.45, 2.75) is 31.8 Å². The van der Waals surface area contributed by atoms with Crippen LogP contribution in [0.15, 0.2) is 22.7 Å². The highest BCUT2D eigenvalue weighted by Crippen LogP contribution is 2.35. The highest BCUT2D eigenvalue weighted by molar-refractivity contribution is 9.10. The van der Waals surface area contributed by atoms with E-state index in [2.05, 4.69) is 15.9 Å². The smallest absolute Gasteiger partial charge is 0.223 e. The van der Waals surface area contributed by atoms with E-state index in [0.717, 1.165) is 10.0 Å². The van der Waals surface area contributed by atoms with Gasteiger partial charge in [0, 0.05) is 28.5 Å². The molecule has 5 heteroatoms. The second kappa shape index (κ2) is 5.59. The molecule has 1 aliphatic heterocycles. The normalized spacial score (nSPS) is 24.4. The van der Waals surface area contributed by atoms with Gasteiger partial charge in [0.15, 0.2) is 0 Å². The molecule has 2 unspecified atom stereocenters. The van der Waals surface area contributed by atoms with Crippen molar-refractivity contribution >= 4 is 33.4 Å². The number of hydrogen-bond donors (Lipinski definition) is 1. The first-order chi connectivity index (χ1) is 8.54. The molecule has 18 heavy (non-hydrogen) atoms. The van der Waals surface area contributed by atoms with E-state index in [1.807, 2.05) is 30.0 Å². The van der Waals surface area contributed by atoms with E-state index >= 15 is 0 Å². The number of nitrogens with zero attached hydrogens (tertiary/aromatic N) is 1. The van der Waals surface area contributed by atoms with Gasteiger partial charge in [0.2, 0.25) is 5.91 Å². The molecule has 1 saturated heterocycles. The zero-order valence-electron chi connectivity index (χ0n) is 10.2. The molecule has 0 saturated carbocycles. The minimum Gasteiger partial charge on any atom is -0.334 e. The van der Waals surface area contributed by atoms with Crippen LogP contribution in [0, 0.1) is 0 Å². The summed E-state index contributed by atoms with van der Waals surface area (Å²) in [5.74, 6) is 0.156. The summed E-state index contributed by atoms with van der Waals surface area (Å²) in [5, 5.41) is 0.651. The van der Waals surface area contributed by atoms with Crippen molar-refractivity contribution in [1.82, 2.24) is 4.90 Å². The Kier molecular flexibility index (Phi) is 4.30. The quantitative estimate of drug-likeness (QED) is 0.905. The van der Waals surface area contributed by atoms with E-state index in [0.29, 0.717) is 24.4 Å². The Balaban J connectivity index is 2.41. The van der Waals surface area contributed by atoms with E-state index in [1.165, 1.54) is 0 Å². The van der Waals surface area contributed by atoms with Crippen molar-refractivity contribution < 1.29 is 4.79 Å². The molecule has 0 spiro atoms. The Hall–Kier alpha value is -0.580. The summed E-state index contributed by atoms with van der Waals surface area (Å²) in [6.45, 7) is 2.62. The van der Waals surface area contributed by atoms with Gasteiger partial charge in [-0.25, -0.2) is 0 Å². The predicted octanol–water partition coefficient (Wildman–Crippen LogP) is 3.11. The van der Waals surface area contributed by atoms with Crippen LogP contribution < -0.4 is 5.73 Å². The number of nitrogens with two attached hydrogens (primary N) is 1. The minimum absolute atomic E-state index is 0.0543. The Bertz CT molecular complexity index is 466. The number of carbonyl (C=O) groups is 1. The molecule has 0 aromatic heterocycles. The second-order valence-corrected chi connectivity index (χ2v) is 5.82. The Morgan fingerprint density at radius 3 is 2.89 bits per heavy atom. The van der Waals surface area contributed by atoms with Crippen molar-refractivity contribution in [2.75, 3.05) is 6.54 Å². The predicted molar refractivity (Wildman–Crippen MR) is 76.5 cm³/mol. The van der Waals surface area contributed by atoms with E-state index in [1.54, 1.807) is 0 Å². The van der Waals surface area contributed by atoms with Gasteiger partial charge in [-0.3, -0.25) is 4.79 Å². The van der Waals surface area contributed by atoms with Crippen LogP contribution in [0.3, 0.4) is 0 Å². The highest BCUT2D eigenvalue weighted by atomic mass is 79.9. The molecule has 1 fully saturated rings. The van der Waals surface area contributed by atoms with Crippen LogP contribution in [0.4, 0.5) is 0 Å². The third-order valence-corrected chi connectivity index (χ3v) is 4.20. The minimum atomic E-state index is -0.114. The van der Waals surface area contributed by atoms with Gasteiger partial charge in [-0.05, 0) is 31.0 Å². The number of amides is 1. The first kappa shape index (κ1) is 13.8. The Labute approximate surface area is 120 Å². The molecule has 1 aromatic carbocycles. The molecule has 2 rings (SSSR count). The lowest BCUT2D eigenvalue weighted by Gasteiger charge is -2.39. The van der Waals surface area contributed by atoms with Crippen LogP contribution in [0.25, 0.3) is 0 Å². The summed E-state index contributed by atoms with van der Waals surface area (Å²) >= 11 is 9.66. The third-order valence-electron chi connectivity index (χ3n) is 3.38. The topological polar surface area (TPSA) is 46.3 Å². The van der Waals surface area contributed by atoms with Gasteiger partial charge < -0.3 is 10.6 Å². The lowest BCUT2D eigenvalue weighted by Crippen LogP contribution is -2.48. The summed E-state index contributed by atoms with van der Waals surface area (Å²) in [7, 11) is 0. The zero-order valence-corrected chi connectivity index (χ0v) is 12.5. The Morgan fingerprint density at radius 1 is 1.56 bits per heavy atom. The van der Waals surface area contributed by atoms with Crippen molar-refractivity contribution in [2.24, 2.45) is 5.73 Å². The van der Waals surface area contributed by atoms with Crippen molar-refractivity contribution in [1.29, 1.82) is 0 Å². The van der Waals surface area contributed by atoms with Crippen LogP contribution in [-0.4, -0.2) is 23.4 Å². The number of halogens is 2. The van der Waals surface area contributed by atoms with Crippen molar-refractivity contribution in [3.05, 3.63) is 33.3 Å². The molecule has 2 N–H and O–H groups in total. The van der Waals surface area contributed by atoms with Gasteiger partial charge in [0.05, 0.1) is 6.04 Å². The fourth-order valence-electron chi connectivity index (χ4n) is 2.49. The molecule has 0 bridgehead atoms. The molecule has 0 radical (unpaired) electrons. The largest absolute Gasteiger partial charge is 0.334 e. The first-order valence-electron chi connectivity index (χ1n) is 6.04. The van der Waals surface area contributed by atoms with Crippen molar-refractivity contribution in [3.8, 4) is 0 Å². The molecule has 1 heterocycles. The summed E-state index contributed by atoms with van der Waals surface area (Å²) in [6.07, 6.45) is 1.24. The van der Waals surface area contributed by atoms with Crippen molar-refractivity contribution in [3.63, 3.8) is 0 Å². The number of likely N-dealkylation sites (N-methyl/N-ethyl adjacent to an activating group) is 1. The number of benzene rings is 1. The van der Waals surface area contributed by atoms with Crippen LogP contribution >= 0.6 is 27.5 Å². The number of hydrogen-bond acceptors (Lipinski definition) is 2. The van der Waals surface area contributed by atoms with Crippen LogP contribution in [-0.2, 0) is 4.79 Å². The molecule has 1 aromatic rings. The van der Waals surface area contributed by atoms with Gasteiger partial charge in [-0.15, -0.1) is 0 Å². The molecule has 3 nitrogen and oxygen atoms in total. The maximum atomic E-state index is 12.0. The van der Waals surface area contributed by atoms with Crippen LogP contribution in [0.1, 0.15) is 31.4 Å². The molecule has 1 aliphatic rings. The summed E-state index contributed by atoms with van der Waals surface area (Å²) < 4.78 is 0.926. The van der Waals surface area contributed by atoms with E-state index in [9.17, 15) is 4.79 Å². The Morgan fingerprint density at radius 2 is 2.28 bits per heavy atom. The first-order valence-corrected chi connectivity index (χ1v) is 7.21. The van der Waals surface area contributed by atoms with Gasteiger partial charge in [0.1, 0.15) is 0 Å². The maximum Gasteiger partial charge on any atom is 0.223 e. The van der Waals surface area contributed by atoms with Gasteiger partial charge in [-0.1, -0.05) is 33.6 Å². The molecule has 2 atom stereocenters. The number of likely N-dealkylation sites (tertiary alicyclic amines) is 1. The maximum absolute atomic E-state index is 12.0. The van der Waals surface area contributed by atoms with Gasteiger partial charge in [0.25, 0.3) is 0 Å². The zero-order chi connectivity index (χ0) is 13.3. The molecule has 0 aliphatic carbocycles. The summed E-state index contributed by atoms with van der Waals surface area (Å²) in [4.78, 5) is 13.8. The monoisotopic (exact) mass is 330 g/mol. The molecule has 1 amide bonds. The summed E-state index contributed by atoms with van der Waals surface area (Å²) in [6, 6.07) is 5.55. The average molecular weight is 332 g/mol. The van der Waals surface area contributed by atoms with E-state index < -0.39 is 0 Å². The number of rotatable bonds is 2. The SMILES string of the molecule is CCN1C(=O)CCC(N)C1c1ccc(Br)cc1Cl. The van der Waals surface area contributed by atoms with Crippen LogP contribution in [0.2, 0.25) is 5.02 Å². The lowest BCUT2D eigenvalue weighted by molar-refractivity contribution is -0.137. The number of carbonyl (C=O) groups excluding carboxylic acids is 1. The van der Waals surface area contributed by atoms with E-state index in [-0.39, 0.29) is 18.0 Å². The fraction of sp³-hybridized carbons (Fsp3) is 0.462. The molecule has 98 valence electrons. The fourth-order valence-corrected chi connectivity index (χ4v) is 3.28. The molecular weight excluding hydrogens is 316 g/mol. The van der Waals surface area contributed by atoms with Gasteiger partial charge >= 0.3 is 0 Å². The standard InChI is InChI=1S/C13H16BrClN2O/c1-2-17-12(18)6-5-11(16)13(17)9-4-3-8(14)7-10(9)15/h3-4,7,11,13H,2,5-6,16H2,1H3. The lowest BCUT2D eigenvalue weighted by atomic mass is 9.90. The summed E-state index contributed by atoms with van der Waals surface area (Å²) in [5.41, 5.74) is 7.11. The van der Waals surface area contributed by atoms with Gasteiger partial charge in [-0.2, -0.15) is 0 Å². The van der Waals surface area contributed by atoms with Crippen LogP contribution in [0.5, 0.6) is 0 Å². The molecular formula is C13H16BrClN2O. The average Bonchev–Trinajstić information content (AvgIpc) is 2.33. The number of piperidine rings is 1.